The number of nitrogens with one attached hydrogen (secondary N) is 1. The zero-order chi connectivity index (χ0) is 18.0. The first-order chi connectivity index (χ1) is 11.9. The number of benzene rings is 1. The Morgan fingerprint density at radius 1 is 1.28 bits per heavy atom. The number of nitrogens with zero attached hydrogens (tertiary/aromatic N) is 2. The number of anilines is 1. The molecule has 1 aliphatic heterocycles. The van der Waals surface area contributed by atoms with Gasteiger partial charge in [0.1, 0.15) is 0 Å². The third-order valence-corrected chi connectivity index (χ3v) is 5.04. The van der Waals surface area contributed by atoms with Gasteiger partial charge in [0.05, 0.1) is 12.2 Å². The maximum atomic E-state index is 13.3. The molecule has 1 saturated heterocycles. The van der Waals surface area contributed by atoms with E-state index in [4.69, 9.17) is 0 Å². The Morgan fingerprint density at radius 2 is 2.00 bits per heavy atom. The highest BCUT2D eigenvalue weighted by atomic mass is 32.1. The van der Waals surface area contributed by atoms with Gasteiger partial charge in [0.15, 0.2) is 16.8 Å². The lowest BCUT2D eigenvalue weighted by molar-refractivity contribution is -0.117. The van der Waals surface area contributed by atoms with Crippen molar-refractivity contribution in [3.63, 3.8) is 0 Å². The second kappa shape index (κ2) is 7.58. The van der Waals surface area contributed by atoms with Gasteiger partial charge in [0.25, 0.3) is 0 Å². The molecular weight excluding hydrogens is 344 g/mol. The van der Waals surface area contributed by atoms with E-state index in [0.29, 0.717) is 34.8 Å². The first-order valence-corrected chi connectivity index (χ1v) is 9.22. The summed E-state index contributed by atoms with van der Waals surface area (Å²) in [5.74, 6) is -0.720. The average molecular weight is 365 g/mol. The van der Waals surface area contributed by atoms with Crippen molar-refractivity contribution < 1.29 is 13.6 Å². The first kappa shape index (κ1) is 17.9. The molecule has 7 heteroatoms. The summed E-state index contributed by atoms with van der Waals surface area (Å²) in [4.78, 5) is 18.7. The fraction of sp³-hybridized carbons (Fsp3) is 0.444. The molecule has 3 rings (SSSR count). The number of hydrogen-bond acceptors (Lipinski definition) is 4. The number of halogens is 2. The molecule has 4 nitrogen and oxygen atoms in total. The standard InChI is InChI=1S/C18H21F2N3OS/c1-11-5-12(2)8-23(7-11)9-17(24)22-18-21-16(10-25-18)13-3-4-14(19)15(20)6-13/h3-4,6,10-12H,5,7-9H2,1-2H3,(H,21,22,24)/t11-,12-/m1/s1. The third kappa shape index (κ3) is 4.61. The highest BCUT2D eigenvalue weighted by Gasteiger charge is 2.23. The minimum Gasteiger partial charge on any atom is -0.301 e. The van der Waals surface area contributed by atoms with Crippen LogP contribution in [0.3, 0.4) is 0 Å². The minimum absolute atomic E-state index is 0.104. The van der Waals surface area contributed by atoms with E-state index in [-0.39, 0.29) is 5.91 Å². The molecule has 1 aliphatic rings. The van der Waals surface area contributed by atoms with Crippen LogP contribution in [0.15, 0.2) is 23.6 Å². The van der Waals surface area contributed by atoms with Crippen LogP contribution in [0.2, 0.25) is 0 Å². The predicted octanol–water partition coefficient (Wildman–Crippen LogP) is 4.00. The van der Waals surface area contributed by atoms with Crippen molar-refractivity contribution in [3.05, 3.63) is 35.2 Å². The number of piperidine rings is 1. The van der Waals surface area contributed by atoms with E-state index in [1.807, 2.05) is 0 Å². The van der Waals surface area contributed by atoms with E-state index in [1.165, 1.54) is 23.8 Å². The maximum absolute atomic E-state index is 13.3. The van der Waals surface area contributed by atoms with Gasteiger partial charge in [-0.25, -0.2) is 13.8 Å². The van der Waals surface area contributed by atoms with E-state index in [9.17, 15) is 13.6 Å². The van der Waals surface area contributed by atoms with Gasteiger partial charge in [-0.05, 0) is 36.5 Å². The molecule has 1 fully saturated rings. The second-order valence-corrected chi connectivity index (χ2v) is 7.71. The monoisotopic (exact) mass is 365 g/mol. The van der Waals surface area contributed by atoms with Crippen molar-refractivity contribution in [1.82, 2.24) is 9.88 Å². The summed E-state index contributed by atoms with van der Waals surface area (Å²) in [6.07, 6.45) is 1.20. The third-order valence-electron chi connectivity index (χ3n) is 4.28. The number of carbonyl (C=O) groups excluding carboxylic acids is 1. The molecule has 0 saturated carbocycles. The van der Waals surface area contributed by atoms with Crippen LogP contribution in [-0.2, 0) is 4.79 Å². The molecule has 1 amide bonds. The number of carbonyl (C=O) groups is 1. The van der Waals surface area contributed by atoms with Crippen molar-refractivity contribution in [3.8, 4) is 11.3 Å². The predicted molar refractivity (Wildman–Crippen MR) is 95.5 cm³/mol. The van der Waals surface area contributed by atoms with Gasteiger partial charge >= 0.3 is 0 Å². The molecule has 25 heavy (non-hydrogen) atoms. The van der Waals surface area contributed by atoms with E-state index in [0.717, 1.165) is 25.2 Å². The molecule has 0 bridgehead atoms. The quantitative estimate of drug-likeness (QED) is 0.891. The minimum atomic E-state index is -0.913. The van der Waals surface area contributed by atoms with Gasteiger partial charge in [-0.3, -0.25) is 9.69 Å². The maximum Gasteiger partial charge on any atom is 0.240 e. The summed E-state index contributed by atoms with van der Waals surface area (Å²) < 4.78 is 26.3. The normalized spacial score (nSPS) is 21.3. The fourth-order valence-corrected chi connectivity index (χ4v) is 4.14. The van der Waals surface area contributed by atoms with Crippen LogP contribution in [0.5, 0.6) is 0 Å². The Kier molecular flexibility index (Phi) is 5.44. The number of hydrogen-bond donors (Lipinski definition) is 1. The number of aromatic nitrogens is 1. The van der Waals surface area contributed by atoms with E-state index < -0.39 is 11.6 Å². The summed E-state index contributed by atoms with van der Waals surface area (Å²) in [6.45, 7) is 6.60. The summed E-state index contributed by atoms with van der Waals surface area (Å²) >= 11 is 1.27. The molecule has 134 valence electrons. The summed E-state index contributed by atoms with van der Waals surface area (Å²) in [7, 11) is 0. The van der Waals surface area contributed by atoms with E-state index >= 15 is 0 Å². The molecule has 0 aliphatic carbocycles. The van der Waals surface area contributed by atoms with E-state index in [2.05, 4.69) is 29.0 Å². The summed E-state index contributed by atoms with van der Waals surface area (Å²) in [6, 6.07) is 3.64. The Hall–Kier alpha value is -1.86. The molecule has 0 spiro atoms. The Labute approximate surface area is 149 Å². The van der Waals surface area contributed by atoms with Crippen molar-refractivity contribution in [2.24, 2.45) is 11.8 Å². The van der Waals surface area contributed by atoms with Crippen LogP contribution >= 0.6 is 11.3 Å². The smallest absolute Gasteiger partial charge is 0.240 e. The van der Waals surface area contributed by atoms with Crippen molar-refractivity contribution in [2.45, 2.75) is 20.3 Å². The van der Waals surface area contributed by atoms with Gasteiger partial charge < -0.3 is 5.32 Å². The van der Waals surface area contributed by atoms with Crippen LogP contribution in [0.1, 0.15) is 20.3 Å². The van der Waals surface area contributed by atoms with Crippen molar-refractivity contribution >= 4 is 22.4 Å². The molecular formula is C18H21F2N3OS. The topological polar surface area (TPSA) is 45.2 Å². The fourth-order valence-electron chi connectivity index (χ4n) is 3.40. The van der Waals surface area contributed by atoms with Crippen LogP contribution in [0.25, 0.3) is 11.3 Å². The van der Waals surface area contributed by atoms with Gasteiger partial charge in [-0.15, -0.1) is 11.3 Å². The van der Waals surface area contributed by atoms with Crippen LogP contribution in [0, 0.1) is 23.5 Å². The first-order valence-electron chi connectivity index (χ1n) is 8.34. The molecule has 1 N–H and O–H groups in total. The summed E-state index contributed by atoms with van der Waals surface area (Å²) in [5.41, 5.74) is 0.994. The molecule has 0 radical (unpaired) electrons. The second-order valence-electron chi connectivity index (χ2n) is 6.86. The van der Waals surface area contributed by atoms with Gasteiger partial charge in [0.2, 0.25) is 5.91 Å². The average Bonchev–Trinajstić information content (AvgIpc) is 2.97. The number of amides is 1. The highest BCUT2D eigenvalue weighted by molar-refractivity contribution is 7.14. The Balaban J connectivity index is 1.61. The largest absolute Gasteiger partial charge is 0.301 e. The molecule has 1 aromatic carbocycles. The molecule has 2 heterocycles. The van der Waals surface area contributed by atoms with Crippen LogP contribution in [0.4, 0.5) is 13.9 Å². The number of likely N-dealkylation sites (tertiary alicyclic amines) is 1. The van der Waals surface area contributed by atoms with Crippen molar-refractivity contribution in [1.29, 1.82) is 0 Å². The molecule has 2 atom stereocenters. The van der Waals surface area contributed by atoms with Crippen LogP contribution in [-0.4, -0.2) is 35.4 Å². The lowest BCUT2D eigenvalue weighted by Crippen LogP contribution is -2.42. The molecule has 2 aromatic rings. The number of thiazole rings is 1. The Morgan fingerprint density at radius 3 is 2.68 bits per heavy atom. The zero-order valence-electron chi connectivity index (χ0n) is 14.3. The van der Waals surface area contributed by atoms with Crippen molar-refractivity contribution in [2.75, 3.05) is 25.0 Å². The van der Waals surface area contributed by atoms with E-state index in [1.54, 1.807) is 5.38 Å². The Bertz CT molecular complexity index is 755. The molecule has 1 aromatic heterocycles. The van der Waals surface area contributed by atoms with Gasteiger partial charge in [-0.1, -0.05) is 13.8 Å². The van der Waals surface area contributed by atoms with Gasteiger partial charge in [0, 0.05) is 24.0 Å². The van der Waals surface area contributed by atoms with Gasteiger partial charge in [-0.2, -0.15) is 0 Å². The SMILES string of the molecule is C[C@@H]1C[C@@H](C)CN(CC(=O)Nc2nc(-c3ccc(F)c(F)c3)cs2)C1. The lowest BCUT2D eigenvalue weighted by Gasteiger charge is -2.34. The van der Waals surface area contributed by atoms with Crippen LogP contribution < -0.4 is 5.32 Å². The summed E-state index contributed by atoms with van der Waals surface area (Å²) in [5, 5.41) is 4.97. The molecule has 0 unspecified atom stereocenters. The number of rotatable bonds is 4. The highest BCUT2D eigenvalue weighted by Crippen LogP contribution is 2.26. The lowest BCUT2D eigenvalue weighted by atomic mass is 9.92. The zero-order valence-corrected chi connectivity index (χ0v) is 15.1.